The van der Waals surface area contributed by atoms with Gasteiger partial charge in [-0.2, -0.15) is 8.42 Å². The maximum atomic E-state index is 10.9. The third-order valence-electron chi connectivity index (χ3n) is 2.64. The molecule has 21 heavy (non-hydrogen) atoms. The highest BCUT2D eigenvalue weighted by Crippen LogP contribution is 2.27. The Labute approximate surface area is 128 Å². The lowest BCUT2D eigenvalue weighted by Crippen LogP contribution is -2.13. The Morgan fingerprint density at radius 2 is 1.90 bits per heavy atom. The van der Waals surface area contributed by atoms with Gasteiger partial charge in [0.1, 0.15) is 11.9 Å². The molecule has 0 aliphatic heterocycles. The normalized spacial score (nSPS) is 13.2. The van der Waals surface area contributed by atoms with E-state index in [4.69, 9.17) is 20.8 Å². The molecule has 5 nitrogen and oxygen atoms in total. The van der Waals surface area contributed by atoms with E-state index in [2.05, 4.69) is 4.18 Å². The molecule has 0 aliphatic rings. The average molecular weight is 331 g/mol. The molecule has 0 N–H and O–H groups in total. The van der Waals surface area contributed by atoms with Crippen LogP contribution in [0.25, 0.3) is 0 Å². The van der Waals surface area contributed by atoms with Gasteiger partial charge in [0, 0.05) is 5.02 Å². The molecule has 0 bridgehead atoms. The van der Waals surface area contributed by atoms with Crippen molar-refractivity contribution in [3.63, 3.8) is 0 Å². The summed E-state index contributed by atoms with van der Waals surface area (Å²) in [5.41, 5.74) is 0.855. The lowest BCUT2D eigenvalue weighted by Gasteiger charge is -2.16. The number of rotatable bonds is 7. The van der Waals surface area contributed by atoms with Crippen LogP contribution in [0.15, 0.2) is 47.1 Å². The molecular formula is C14H15ClO5S. The van der Waals surface area contributed by atoms with Crippen molar-refractivity contribution in [2.45, 2.75) is 6.10 Å². The summed E-state index contributed by atoms with van der Waals surface area (Å²) in [6.45, 7) is 0.0602. The van der Waals surface area contributed by atoms with Gasteiger partial charge < -0.3 is 9.15 Å². The summed E-state index contributed by atoms with van der Waals surface area (Å²) < 4.78 is 37.5. The van der Waals surface area contributed by atoms with Gasteiger partial charge in [-0.25, -0.2) is 0 Å². The zero-order valence-electron chi connectivity index (χ0n) is 11.4. The number of ether oxygens (including phenoxy) is 1. The van der Waals surface area contributed by atoms with Crippen molar-refractivity contribution in [1.82, 2.24) is 0 Å². The average Bonchev–Trinajstić information content (AvgIpc) is 2.93. The summed E-state index contributed by atoms with van der Waals surface area (Å²) in [5.74, 6) is 0.622. The van der Waals surface area contributed by atoms with Crippen molar-refractivity contribution in [3.05, 3.63) is 59.0 Å². The van der Waals surface area contributed by atoms with Crippen molar-refractivity contribution in [3.8, 4) is 0 Å². The van der Waals surface area contributed by atoms with Crippen LogP contribution in [-0.4, -0.2) is 27.9 Å². The minimum Gasteiger partial charge on any atom is -0.466 e. The lowest BCUT2D eigenvalue weighted by atomic mass is 10.1. The van der Waals surface area contributed by atoms with Gasteiger partial charge >= 0.3 is 0 Å². The molecule has 0 aliphatic carbocycles. The minimum atomic E-state index is -3.47. The minimum absolute atomic E-state index is 0.0520. The summed E-state index contributed by atoms with van der Waals surface area (Å²) in [6, 6.07) is 10.7. The predicted octanol–water partition coefficient (Wildman–Crippen LogP) is 3.02. The second kappa shape index (κ2) is 7.09. The second-order valence-corrected chi connectivity index (χ2v) is 6.42. The van der Waals surface area contributed by atoms with Crippen LogP contribution in [0.3, 0.4) is 0 Å². The van der Waals surface area contributed by atoms with Crippen molar-refractivity contribution < 1.29 is 21.8 Å². The van der Waals surface area contributed by atoms with Gasteiger partial charge in [-0.15, -0.1) is 0 Å². The maximum Gasteiger partial charge on any atom is 0.264 e. The number of hydrogen-bond acceptors (Lipinski definition) is 5. The summed E-state index contributed by atoms with van der Waals surface area (Å²) in [6.07, 6.45) is 2.10. The summed E-state index contributed by atoms with van der Waals surface area (Å²) >= 11 is 5.87. The summed E-state index contributed by atoms with van der Waals surface area (Å²) in [4.78, 5) is 0. The van der Waals surface area contributed by atoms with Crippen molar-refractivity contribution in [2.75, 3.05) is 19.5 Å². The largest absolute Gasteiger partial charge is 0.466 e. The Balaban J connectivity index is 2.05. The van der Waals surface area contributed by atoms with E-state index in [-0.39, 0.29) is 13.2 Å². The van der Waals surface area contributed by atoms with Crippen LogP contribution in [0, 0.1) is 0 Å². The number of hydrogen-bond donors (Lipinski definition) is 0. The van der Waals surface area contributed by atoms with Gasteiger partial charge in [0.15, 0.2) is 0 Å². The van der Waals surface area contributed by atoms with Gasteiger partial charge in [0.25, 0.3) is 10.1 Å². The third kappa shape index (κ3) is 5.17. The van der Waals surface area contributed by atoms with Gasteiger partial charge in [0.05, 0.1) is 25.7 Å². The fourth-order valence-electron chi connectivity index (χ4n) is 1.77. The molecule has 0 saturated carbocycles. The molecule has 7 heteroatoms. The van der Waals surface area contributed by atoms with E-state index in [0.29, 0.717) is 10.8 Å². The van der Waals surface area contributed by atoms with Crippen LogP contribution in [-0.2, 0) is 19.0 Å². The highest BCUT2D eigenvalue weighted by molar-refractivity contribution is 7.85. The first kappa shape index (κ1) is 16.0. The monoisotopic (exact) mass is 330 g/mol. The van der Waals surface area contributed by atoms with Crippen LogP contribution in [0.2, 0.25) is 5.02 Å². The molecular weight excluding hydrogens is 316 g/mol. The highest BCUT2D eigenvalue weighted by atomic mass is 35.5. The fraction of sp³-hybridized carbons (Fsp3) is 0.286. The van der Waals surface area contributed by atoms with Crippen LogP contribution in [0.4, 0.5) is 0 Å². The number of benzene rings is 1. The molecule has 1 aromatic carbocycles. The molecule has 0 saturated heterocycles. The first-order valence-electron chi connectivity index (χ1n) is 6.20. The molecule has 0 unspecified atom stereocenters. The summed E-state index contributed by atoms with van der Waals surface area (Å²) in [7, 11) is -3.47. The molecule has 0 amide bonds. The van der Waals surface area contributed by atoms with E-state index >= 15 is 0 Å². The van der Waals surface area contributed by atoms with Crippen LogP contribution < -0.4 is 0 Å². The van der Waals surface area contributed by atoms with Crippen molar-refractivity contribution >= 4 is 21.7 Å². The smallest absolute Gasteiger partial charge is 0.264 e. The zero-order valence-corrected chi connectivity index (χ0v) is 12.9. The Bertz CT molecular complexity index is 649. The molecule has 0 fully saturated rings. The first-order chi connectivity index (χ1) is 9.96. The van der Waals surface area contributed by atoms with E-state index in [9.17, 15) is 8.42 Å². The van der Waals surface area contributed by atoms with E-state index in [1.165, 1.54) is 0 Å². The van der Waals surface area contributed by atoms with Crippen molar-refractivity contribution in [2.24, 2.45) is 0 Å². The van der Waals surface area contributed by atoms with Crippen LogP contribution in [0.5, 0.6) is 0 Å². The Hall–Kier alpha value is -1.34. The number of furan rings is 1. The predicted molar refractivity (Wildman–Crippen MR) is 78.8 cm³/mol. The Kier molecular flexibility index (Phi) is 5.41. The first-order valence-corrected chi connectivity index (χ1v) is 8.40. The van der Waals surface area contributed by atoms with Gasteiger partial charge in [0.2, 0.25) is 0 Å². The van der Waals surface area contributed by atoms with E-state index in [0.717, 1.165) is 11.8 Å². The standard InChI is InChI=1S/C14H15ClO5S/c1-21(16,17)20-10-9-19-14(13-3-2-8-18-13)11-4-6-12(15)7-5-11/h2-8,14H,9-10H2,1H3/t14-/m0/s1. The quantitative estimate of drug-likeness (QED) is 0.576. The Morgan fingerprint density at radius 3 is 2.48 bits per heavy atom. The van der Waals surface area contributed by atoms with Gasteiger partial charge in [-0.3, -0.25) is 4.18 Å². The topological polar surface area (TPSA) is 65.7 Å². The van der Waals surface area contributed by atoms with E-state index < -0.39 is 16.2 Å². The molecule has 0 spiro atoms. The van der Waals surface area contributed by atoms with Gasteiger partial charge in [-0.1, -0.05) is 23.7 Å². The third-order valence-corrected chi connectivity index (χ3v) is 3.49. The van der Waals surface area contributed by atoms with Crippen LogP contribution in [0.1, 0.15) is 17.4 Å². The molecule has 1 atom stereocenters. The molecule has 0 radical (unpaired) electrons. The van der Waals surface area contributed by atoms with E-state index in [1.54, 1.807) is 30.5 Å². The molecule has 114 valence electrons. The molecule has 2 aromatic rings. The van der Waals surface area contributed by atoms with E-state index in [1.807, 2.05) is 12.1 Å². The second-order valence-electron chi connectivity index (χ2n) is 4.34. The fourth-order valence-corrected chi connectivity index (χ4v) is 2.27. The highest BCUT2D eigenvalue weighted by Gasteiger charge is 2.17. The van der Waals surface area contributed by atoms with Crippen molar-refractivity contribution in [1.29, 1.82) is 0 Å². The zero-order chi connectivity index (χ0) is 15.3. The van der Waals surface area contributed by atoms with Crippen LogP contribution >= 0.6 is 11.6 Å². The maximum absolute atomic E-state index is 10.9. The molecule has 1 aromatic heterocycles. The number of halogens is 1. The SMILES string of the molecule is CS(=O)(=O)OCCO[C@@H](c1ccc(Cl)cc1)c1ccco1. The molecule has 2 rings (SSSR count). The lowest BCUT2D eigenvalue weighted by molar-refractivity contribution is 0.0455. The molecule has 1 heterocycles. The summed E-state index contributed by atoms with van der Waals surface area (Å²) in [5, 5.41) is 0.623. The Morgan fingerprint density at radius 1 is 1.19 bits per heavy atom. The van der Waals surface area contributed by atoms with Gasteiger partial charge in [-0.05, 0) is 29.8 Å².